The van der Waals surface area contributed by atoms with E-state index in [2.05, 4.69) is 34.7 Å². The van der Waals surface area contributed by atoms with Crippen LogP contribution in [0.4, 0.5) is 10.1 Å². The second kappa shape index (κ2) is 8.54. The lowest BCUT2D eigenvalue weighted by molar-refractivity contribution is 0.202. The third-order valence-corrected chi connectivity index (χ3v) is 4.02. The SMILES string of the molecule is CCC(CC)N(CCOC)c1ccc(F)cc1CBr. The predicted octanol–water partition coefficient (Wildman–Crippen LogP) is 4.36. The molecule has 0 atom stereocenters. The first kappa shape index (κ1) is 16.4. The molecule has 0 aliphatic rings. The summed E-state index contributed by atoms with van der Waals surface area (Å²) in [6.45, 7) is 5.88. The van der Waals surface area contributed by atoms with Gasteiger partial charge in [-0.25, -0.2) is 4.39 Å². The van der Waals surface area contributed by atoms with Crippen molar-refractivity contribution < 1.29 is 9.13 Å². The standard InChI is InChI=1S/C15H23BrFNO/c1-4-14(5-2)18(8-9-19-3)15-7-6-13(17)10-12(15)11-16/h6-7,10,14H,4-5,8-9,11H2,1-3H3. The maximum absolute atomic E-state index is 13.4. The molecule has 108 valence electrons. The largest absolute Gasteiger partial charge is 0.383 e. The molecule has 4 heteroatoms. The van der Waals surface area contributed by atoms with Crippen molar-refractivity contribution in [3.8, 4) is 0 Å². The second-order valence-corrected chi connectivity index (χ2v) is 5.12. The number of rotatable bonds is 8. The zero-order valence-corrected chi connectivity index (χ0v) is 13.5. The number of ether oxygens (including phenoxy) is 1. The van der Waals surface area contributed by atoms with Crippen molar-refractivity contribution >= 4 is 21.6 Å². The molecule has 0 bridgehead atoms. The lowest BCUT2D eigenvalue weighted by atomic mass is 10.1. The summed E-state index contributed by atoms with van der Waals surface area (Å²) in [6, 6.07) is 5.47. The van der Waals surface area contributed by atoms with E-state index < -0.39 is 0 Å². The van der Waals surface area contributed by atoms with E-state index in [0.29, 0.717) is 18.0 Å². The summed E-state index contributed by atoms with van der Waals surface area (Å²) in [5.74, 6) is -0.186. The summed E-state index contributed by atoms with van der Waals surface area (Å²) < 4.78 is 18.6. The summed E-state index contributed by atoms with van der Waals surface area (Å²) in [5.41, 5.74) is 2.09. The highest BCUT2D eigenvalue weighted by Crippen LogP contribution is 2.27. The van der Waals surface area contributed by atoms with Crippen molar-refractivity contribution in [1.82, 2.24) is 0 Å². The number of hydrogen-bond donors (Lipinski definition) is 0. The van der Waals surface area contributed by atoms with Gasteiger partial charge in [0, 0.05) is 30.7 Å². The monoisotopic (exact) mass is 331 g/mol. The first-order chi connectivity index (χ1) is 9.17. The van der Waals surface area contributed by atoms with E-state index in [4.69, 9.17) is 4.74 Å². The van der Waals surface area contributed by atoms with Gasteiger partial charge >= 0.3 is 0 Å². The molecule has 19 heavy (non-hydrogen) atoms. The highest BCUT2D eigenvalue weighted by Gasteiger charge is 2.18. The van der Waals surface area contributed by atoms with Crippen LogP contribution in [-0.2, 0) is 10.1 Å². The third-order valence-electron chi connectivity index (χ3n) is 3.41. The fourth-order valence-electron chi connectivity index (χ4n) is 2.36. The number of methoxy groups -OCH3 is 1. The van der Waals surface area contributed by atoms with Gasteiger partial charge in [-0.3, -0.25) is 0 Å². The Hall–Kier alpha value is -0.610. The van der Waals surface area contributed by atoms with E-state index in [-0.39, 0.29) is 5.82 Å². The number of hydrogen-bond acceptors (Lipinski definition) is 2. The van der Waals surface area contributed by atoms with Crippen LogP contribution in [0, 0.1) is 5.82 Å². The number of alkyl halides is 1. The summed E-state index contributed by atoms with van der Waals surface area (Å²) >= 11 is 3.45. The van der Waals surface area contributed by atoms with E-state index in [1.807, 2.05) is 6.07 Å². The van der Waals surface area contributed by atoms with Gasteiger partial charge in [-0.1, -0.05) is 29.8 Å². The maximum Gasteiger partial charge on any atom is 0.123 e. The van der Waals surface area contributed by atoms with Gasteiger partial charge in [0.1, 0.15) is 5.82 Å². The van der Waals surface area contributed by atoms with Crippen molar-refractivity contribution in [3.63, 3.8) is 0 Å². The van der Waals surface area contributed by atoms with Gasteiger partial charge in [-0.15, -0.1) is 0 Å². The third kappa shape index (κ3) is 4.46. The topological polar surface area (TPSA) is 12.5 Å². The molecule has 1 rings (SSSR count). The van der Waals surface area contributed by atoms with Crippen LogP contribution in [0.3, 0.4) is 0 Å². The van der Waals surface area contributed by atoms with Crippen LogP contribution in [0.25, 0.3) is 0 Å². The number of anilines is 1. The predicted molar refractivity (Wildman–Crippen MR) is 82.6 cm³/mol. The fourth-order valence-corrected chi connectivity index (χ4v) is 2.81. The molecule has 0 aliphatic heterocycles. The van der Waals surface area contributed by atoms with Crippen molar-refractivity contribution in [1.29, 1.82) is 0 Å². The summed E-state index contributed by atoms with van der Waals surface area (Å²) in [7, 11) is 1.71. The molecular weight excluding hydrogens is 309 g/mol. The van der Waals surface area contributed by atoms with Crippen LogP contribution in [0.15, 0.2) is 18.2 Å². The Morgan fingerprint density at radius 1 is 1.32 bits per heavy atom. The Bertz CT molecular complexity index is 382. The van der Waals surface area contributed by atoms with Crippen LogP contribution in [0.1, 0.15) is 32.3 Å². The molecule has 0 unspecified atom stereocenters. The van der Waals surface area contributed by atoms with Crippen LogP contribution < -0.4 is 4.90 Å². The second-order valence-electron chi connectivity index (χ2n) is 4.56. The van der Waals surface area contributed by atoms with Crippen molar-refractivity contribution in [2.24, 2.45) is 0 Å². The van der Waals surface area contributed by atoms with Crippen LogP contribution in [0.2, 0.25) is 0 Å². The summed E-state index contributed by atoms with van der Waals surface area (Å²) in [6.07, 6.45) is 2.14. The Morgan fingerprint density at radius 3 is 2.53 bits per heavy atom. The molecule has 0 heterocycles. The quantitative estimate of drug-likeness (QED) is 0.656. The van der Waals surface area contributed by atoms with Gasteiger partial charge in [0.15, 0.2) is 0 Å². The first-order valence-electron chi connectivity index (χ1n) is 6.77. The highest BCUT2D eigenvalue weighted by atomic mass is 79.9. The van der Waals surface area contributed by atoms with E-state index in [0.717, 1.165) is 30.6 Å². The smallest absolute Gasteiger partial charge is 0.123 e. The molecule has 1 aromatic carbocycles. The molecule has 0 fully saturated rings. The Balaban J connectivity index is 3.08. The number of nitrogens with zero attached hydrogens (tertiary/aromatic N) is 1. The molecule has 2 nitrogen and oxygen atoms in total. The van der Waals surface area contributed by atoms with Gasteiger partial charge in [-0.2, -0.15) is 0 Å². The maximum atomic E-state index is 13.4. The molecule has 0 amide bonds. The van der Waals surface area contributed by atoms with E-state index in [1.54, 1.807) is 13.2 Å². The first-order valence-corrected chi connectivity index (χ1v) is 7.89. The normalized spacial score (nSPS) is 11.1. The number of benzene rings is 1. The molecular formula is C15H23BrFNO. The molecule has 0 N–H and O–H groups in total. The van der Waals surface area contributed by atoms with Crippen molar-refractivity contribution in [3.05, 3.63) is 29.6 Å². The van der Waals surface area contributed by atoms with E-state index >= 15 is 0 Å². The Morgan fingerprint density at radius 2 is 2.00 bits per heavy atom. The Labute approximate surface area is 124 Å². The van der Waals surface area contributed by atoms with E-state index in [1.165, 1.54) is 6.07 Å². The average Bonchev–Trinajstić information content (AvgIpc) is 2.43. The Kier molecular flexibility index (Phi) is 7.39. The molecule has 0 spiro atoms. The van der Waals surface area contributed by atoms with Gasteiger partial charge in [0.25, 0.3) is 0 Å². The summed E-state index contributed by atoms with van der Waals surface area (Å²) in [4.78, 5) is 2.33. The van der Waals surface area contributed by atoms with Crippen LogP contribution >= 0.6 is 15.9 Å². The van der Waals surface area contributed by atoms with Gasteiger partial charge in [0.05, 0.1) is 6.61 Å². The van der Waals surface area contributed by atoms with Crippen molar-refractivity contribution in [2.75, 3.05) is 25.2 Å². The van der Waals surface area contributed by atoms with E-state index in [9.17, 15) is 4.39 Å². The minimum Gasteiger partial charge on any atom is -0.383 e. The van der Waals surface area contributed by atoms with Crippen LogP contribution in [-0.4, -0.2) is 26.3 Å². The van der Waals surface area contributed by atoms with Gasteiger partial charge in [0.2, 0.25) is 0 Å². The molecule has 0 aromatic heterocycles. The average molecular weight is 332 g/mol. The lowest BCUT2D eigenvalue weighted by Gasteiger charge is -2.34. The zero-order valence-electron chi connectivity index (χ0n) is 12.0. The highest BCUT2D eigenvalue weighted by molar-refractivity contribution is 9.08. The minimum atomic E-state index is -0.186. The summed E-state index contributed by atoms with van der Waals surface area (Å²) in [5, 5.41) is 0.656. The van der Waals surface area contributed by atoms with Crippen molar-refractivity contribution in [2.45, 2.75) is 38.1 Å². The molecule has 0 saturated carbocycles. The fraction of sp³-hybridized carbons (Fsp3) is 0.600. The molecule has 0 radical (unpaired) electrons. The molecule has 0 aliphatic carbocycles. The lowest BCUT2D eigenvalue weighted by Crippen LogP contribution is -2.37. The van der Waals surface area contributed by atoms with Gasteiger partial charge in [-0.05, 0) is 36.6 Å². The minimum absolute atomic E-state index is 0.186. The van der Waals surface area contributed by atoms with Gasteiger partial charge < -0.3 is 9.64 Å². The van der Waals surface area contributed by atoms with Crippen LogP contribution in [0.5, 0.6) is 0 Å². The molecule has 0 saturated heterocycles. The molecule has 1 aromatic rings. The number of halogens is 2. The zero-order chi connectivity index (χ0) is 14.3.